The highest BCUT2D eigenvalue weighted by molar-refractivity contribution is 9.10. The van der Waals surface area contributed by atoms with E-state index in [9.17, 15) is 14.7 Å². The van der Waals surface area contributed by atoms with Crippen LogP contribution in [0.1, 0.15) is 36.5 Å². The first-order valence-corrected chi connectivity index (χ1v) is 9.81. The largest absolute Gasteiger partial charge is 0.508 e. The molecule has 0 spiro atoms. The molecule has 1 atom stereocenters. The number of aromatic hydroxyl groups is 1. The van der Waals surface area contributed by atoms with E-state index < -0.39 is 18.1 Å². The number of nitrogens with one attached hydrogen (secondary N) is 2. The van der Waals surface area contributed by atoms with E-state index in [1.165, 1.54) is 17.6 Å². The molecule has 0 bridgehead atoms. The number of ether oxygens (including phenoxy) is 1. The molecular weight excluding hydrogens is 440 g/mol. The molecule has 0 saturated heterocycles. The molecule has 0 radical (unpaired) electrons. The number of anilines is 1. The summed E-state index contributed by atoms with van der Waals surface area (Å²) in [5.41, 5.74) is 3.68. The van der Waals surface area contributed by atoms with Gasteiger partial charge in [0.1, 0.15) is 11.9 Å². The Kier molecular flexibility index (Phi) is 8.69. The van der Waals surface area contributed by atoms with Crippen LogP contribution in [-0.4, -0.2) is 22.3 Å². The number of hydrogen-bond donors (Lipinski definition) is 4. The summed E-state index contributed by atoms with van der Waals surface area (Å²) in [5.74, 6) is -0.587. The zero-order valence-electron chi connectivity index (χ0n) is 15.9. The lowest BCUT2D eigenvalue weighted by Crippen LogP contribution is -2.18. The molecule has 2 aromatic carbocycles. The molecule has 2 amide bonds. The van der Waals surface area contributed by atoms with Gasteiger partial charge in [-0.3, -0.25) is 15.3 Å². The van der Waals surface area contributed by atoms with Crippen molar-refractivity contribution in [3.8, 4) is 5.75 Å². The predicted molar refractivity (Wildman–Crippen MR) is 113 cm³/mol. The second-order valence-corrected chi connectivity index (χ2v) is 7.31. The fourth-order valence-electron chi connectivity index (χ4n) is 2.62. The monoisotopic (exact) mass is 462 g/mol. The Morgan fingerprint density at radius 1 is 1.21 bits per heavy atom. The number of carbonyl (C=O) groups is 2. The normalized spacial score (nSPS) is 11.8. The van der Waals surface area contributed by atoms with Crippen LogP contribution in [0.4, 0.5) is 10.5 Å². The molecule has 2 rings (SSSR count). The number of amides is 2. The van der Waals surface area contributed by atoms with Crippen LogP contribution < -0.4 is 10.8 Å². The lowest BCUT2D eigenvalue weighted by molar-refractivity contribution is -0.124. The molecule has 154 valence electrons. The SMILES string of the molecule is Cc1ccc(NC(=O)O[C@@H](CCC/C=C/C(=O)NO)c2cc(Br)ccc2O)cc1. The Bertz CT molecular complexity index is 868. The van der Waals surface area contributed by atoms with Crippen LogP contribution in [0, 0.1) is 6.92 Å². The molecule has 7 nitrogen and oxygen atoms in total. The fourth-order valence-corrected chi connectivity index (χ4v) is 3.00. The van der Waals surface area contributed by atoms with Crippen LogP contribution >= 0.6 is 15.9 Å². The van der Waals surface area contributed by atoms with E-state index in [0.29, 0.717) is 30.5 Å². The molecule has 29 heavy (non-hydrogen) atoms. The van der Waals surface area contributed by atoms with Crippen molar-refractivity contribution in [2.45, 2.75) is 32.3 Å². The molecule has 0 unspecified atom stereocenters. The van der Waals surface area contributed by atoms with Crippen molar-refractivity contribution in [1.82, 2.24) is 5.48 Å². The van der Waals surface area contributed by atoms with Gasteiger partial charge in [0.05, 0.1) is 0 Å². The van der Waals surface area contributed by atoms with Gasteiger partial charge < -0.3 is 9.84 Å². The number of unbranched alkanes of at least 4 members (excludes halogenated alkanes) is 1. The summed E-state index contributed by atoms with van der Waals surface area (Å²) in [4.78, 5) is 23.4. The van der Waals surface area contributed by atoms with Gasteiger partial charge in [0.15, 0.2) is 0 Å². The highest BCUT2D eigenvalue weighted by Gasteiger charge is 2.20. The summed E-state index contributed by atoms with van der Waals surface area (Å²) in [6.07, 6.45) is 3.06. The third-order valence-corrected chi connectivity index (χ3v) is 4.59. The van der Waals surface area contributed by atoms with Crippen LogP contribution in [0.3, 0.4) is 0 Å². The number of phenolic OH excluding ortho intramolecular Hbond substituents is 1. The van der Waals surface area contributed by atoms with E-state index >= 15 is 0 Å². The lowest BCUT2D eigenvalue weighted by atomic mass is 10.0. The first-order valence-electron chi connectivity index (χ1n) is 9.02. The average molecular weight is 463 g/mol. The number of hydrogen-bond acceptors (Lipinski definition) is 5. The maximum atomic E-state index is 12.4. The number of halogens is 1. The molecule has 0 aliphatic carbocycles. The summed E-state index contributed by atoms with van der Waals surface area (Å²) >= 11 is 3.36. The maximum absolute atomic E-state index is 12.4. The molecule has 0 aliphatic rings. The third kappa shape index (κ3) is 7.59. The van der Waals surface area contributed by atoms with E-state index in [0.717, 1.165) is 10.0 Å². The standard InChI is InChI=1S/C21H23BrN2O5/c1-14-7-10-16(11-8-14)23-21(27)29-19(5-3-2-4-6-20(26)24-28)17-13-15(22)9-12-18(17)25/h4,6-13,19,25,28H,2-3,5H2,1H3,(H,23,27)(H,24,26)/b6-4+/t19-/m0/s1. The number of hydroxylamine groups is 1. The van der Waals surface area contributed by atoms with Crippen molar-refractivity contribution in [2.24, 2.45) is 0 Å². The molecule has 0 aromatic heterocycles. The van der Waals surface area contributed by atoms with Crippen molar-refractivity contribution < 1.29 is 24.6 Å². The Hall–Kier alpha value is -2.84. The van der Waals surface area contributed by atoms with E-state index in [1.807, 2.05) is 19.1 Å². The molecule has 0 aliphatic heterocycles. The summed E-state index contributed by atoms with van der Waals surface area (Å²) in [6, 6.07) is 12.2. The second-order valence-electron chi connectivity index (χ2n) is 6.40. The van der Waals surface area contributed by atoms with Gasteiger partial charge in [-0.25, -0.2) is 10.3 Å². The van der Waals surface area contributed by atoms with Crippen molar-refractivity contribution >= 4 is 33.6 Å². The minimum absolute atomic E-state index is 0.0246. The molecule has 0 fully saturated rings. The first kappa shape index (κ1) is 22.4. The average Bonchev–Trinajstić information content (AvgIpc) is 2.70. The molecule has 4 N–H and O–H groups in total. The van der Waals surface area contributed by atoms with E-state index in [4.69, 9.17) is 9.94 Å². The van der Waals surface area contributed by atoms with E-state index in [2.05, 4.69) is 21.2 Å². The first-order chi connectivity index (χ1) is 13.9. The number of allylic oxidation sites excluding steroid dienone is 1. The maximum Gasteiger partial charge on any atom is 0.412 e. The number of benzene rings is 2. The van der Waals surface area contributed by atoms with Crippen LogP contribution in [0.2, 0.25) is 0 Å². The van der Waals surface area contributed by atoms with Gasteiger partial charge in [0, 0.05) is 21.8 Å². The highest BCUT2D eigenvalue weighted by atomic mass is 79.9. The van der Waals surface area contributed by atoms with Crippen LogP contribution in [0.15, 0.2) is 59.1 Å². The minimum Gasteiger partial charge on any atom is -0.508 e. The quantitative estimate of drug-likeness (QED) is 0.191. The number of rotatable bonds is 8. The van der Waals surface area contributed by atoms with Crippen molar-refractivity contribution in [1.29, 1.82) is 0 Å². The van der Waals surface area contributed by atoms with Crippen LogP contribution in [0.5, 0.6) is 5.75 Å². The van der Waals surface area contributed by atoms with Crippen LogP contribution in [0.25, 0.3) is 0 Å². The van der Waals surface area contributed by atoms with Crippen molar-refractivity contribution in [3.05, 3.63) is 70.2 Å². The van der Waals surface area contributed by atoms with Crippen molar-refractivity contribution in [3.63, 3.8) is 0 Å². The van der Waals surface area contributed by atoms with Gasteiger partial charge in [0.2, 0.25) is 0 Å². The summed E-state index contributed by atoms with van der Waals surface area (Å²) in [6.45, 7) is 1.95. The number of carbonyl (C=O) groups excluding carboxylic acids is 2. The van der Waals surface area contributed by atoms with Gasteiger partial charge in [-0.15, -0.1) is 0 Å². The topological polar surface area (TPSA) is 108 Å². The van der Waals surface area contributed by atoms with E-state index in [1.54, 1.807) is 30.3 Å². The summed E-state index contributed by atoms with van der Waals surface area (Å²) in [5, 5.41) is 21.4. The number of aryl methyl sites for hydroxylation is 1. The Morgan fingerprint density at radius 2 is 1.93 bits per heavy atom. The smallest absolute Gasteiger partial charge is 0.412 e. The zero-order valence-corrected chi connectivity index (χ0v) is 17.5. The van der Waals surface area contributed by atoms with Crippen molar-refractivity contribution in [2.75, 3.05) is 5.32 Å². The zero-order chi connectivity index (χ0) is 21.2. The lowest BCUT2D eigenvalue weighted by Gasteiger charge is -2.20. The highest BCUT2D eigenvalue weighted by Crippen LogP contribution is 2.33. The molecule has 0 saturated carbocycles. The molecule has 0 heterocycles. The van der Waals surface area contributed by atoms with Gasteiger partial charge in [-0.05, 0) is 56.5 Å². The van der Waals surface area contributed by atoms with Gasteiger partial charge >= 0.3 is 6.09 Å². The Labute approximate surface area is 177 Å². The second kappa shape index (κ2) is 11.2. The third-order valence-electron chi connectivity index (χ3n) is 4.10. The molecule has 2 aromatic rings. The Balaban J connectivity index is 2.06. The molecule has 8 heteroatoms. The number of phenols is 1. The Morgan fingerprint density at radius 3 is 2.62 bits per heavy atom. The summed E-state index contributed by atoms with van der Waals surface area (Å²) < 4.78 is 6.33. The van der Waals surface area contributed by atoms with E-state index in [-0.39, 0.29) is 5.75 Å². The van der Waals surface area contributed by atoms with Gasteiger partial charge in [-0.2, -0.15) is 0 Å². The van der Waals surface area contributed by atoms with Gasteiger partial charge in [-0.1, -0.05) is 39.7 Å². The fraction of sp³-hybridized carbons (Fsp3) is 0.238. The summed E-state index contributed by atoms with van der Waals surface area (Å²) in [7, 11) is 0. The van der Waals surface area contributed by atoms with Gasteiger partial charge in [0.25, 0.3) is 5.91 Å². The molecular formula is C21H23BrN2O5. The van der Waals surface area contributed by atoms with Crippen LogP contribution in [-0.2, 0) is 9.53 Å². The predicted octanol–water partition coefficient (Wildman–Crippen LogP) is 4.98. The minimum atomic E-state index is -0.682.